The largest absolute Gasteiger partial charge is 0.460 e. The van der Waals surface area contributed by atoms with Crippen molar-refractivity contribution in [2.75, 3.05) is 6.61 Å². The van der Waals surface area contributed by atoms with E-state index in [1.165, 1.54) is 0 Å². The summed E-state index contributed by atoms with van der Waals surface area (Å²) < 4.78 is 11.5. The number of carbonyl (C=O) groups excluding carboxylic acids is 1. The molecule has 2 heterocycles. The minimum atomic E-state index is -1.97. The fourth-order valence-corrected chi connectivity index (χ4v) is 7.80. The van der Waals surface area contributed by atoms with Crippen LogP contribution in [0.2, 0.25) is 0 Å². The summed E-state index contributed by atoms with van der Waals surface area (Å²) in [5, 5.41) is 54.8. The second-order valence-corrected chi connectivity index (χ2v) is 9.79. The summed E-state index contributed by atoms with van der Waals surface area (Å²) in [7, 11) is 0. The Morgan fingerprint density at radius 3 is 2.54 bits per heavy atom. The van der Waals surface area contributed by atoms with Gasteiger partial charge in [-0.3, -0.25) is 0 Å². The predicted molar refractivity (Wildman–Crippen MR) is 93.4 cm³/mol. The summed E-state index contributed by atoms with van der Waals surface area (Å²) in [5.41, 5.74) is -1.15. The van der Waals surface area contributed by atoms with Gasteiger partial charge in [-0.05, 0) is 25.2 Å². The molecule has 28 heavy (non-hydrogen) atoms. The number of aliphatic hydroxyl groups is 5. The average Bonchev–Trinajstić information content (AvgIpc) is 2.92. The molecule has 0 radical (unpaired) electrons. The van der Waals surface area contributed by atoms with E-state index in [-0.39, 0.29) is 12.5 Å². The van der Waals surface area contributed by atoms with Gasteiger partial charge in [0, 0.05) is 22.7 Å². The lowest BCUT2D eigenvalue weighted by Crippen LogP contribution is -2.77. The summed E-state index contributed by atoms with van der Waals surface area (Å²) >= 11 is 0. The van der Waals surface area contributed by atoms with E-state index >= 15 is 0 Å². The van der Waals surface area contributed by atoms with Crippen LogP contribution in [0.25, 0.3) is 0 Å². The van der Waals surface area contributed by atoms with Crippen molar-refractivity contribution < 1.29 is 39.8 Å². The highest BCUT2D eigenvalue weighted by molar-refractivity contribution is 5.76. The van der Waals surface area contributed by atoms with Gasteiger partial charge in [0.05, 0.1) is 18.8 Å². The Bertz CT molecular complexity index is 767. The normalized spacial score (nSPS) is 62.5. The molecular formula is C20H28O8. The number of fused-ring (bicyclic) bond motifs is 1. The zero-order valence-corrected chi connectivity index (χ0v) is 16.1. The Labute approximate surface area is 162 Å². The summed E-state index contributed by atoms with van der Waals surface area (Å²) in [5.74, 6) is -5.11. The van der Waals surface area contributed by atoms with Gasteiger partial charge in [0.25, 0.3) is 0 Å². The third kappa shape index (κ3) is 1.77. The van der Waals surface area contributed by atoms with Gasteiger partial charge in [-0.1, -0.05) is 25.5 Å². The number of rotatable bonds is 0. The minimum Gasteiger partial charge on any atom is -0.460 e. The van der Waals surface area contributed by atoms with Gasteiger partial charge >= 0.3 is 5.97 Å². The van der Waals surface area contributed by atoms with Crippen molar-refractivity contribution in [3.63, 3.8) is 0 Å². The molecule has 12 atom stereocenters. The number of allylic oxidation sites excluding steroid dienone is 1. The van der Waals surface area contributed by atoms with E-state index in [0.29, 0.717) is 6.42 Å². The maximum Gasteiger partial charge on any atom is 0.335 e. The molecule has 0 aromatic heterocycles. The molecule has 1 spiro atoms. The standard InChI is InChI=1S/C20H28O8/c1-7-4-10(21)15(24)18(3)9(7)5-11-19-6-27-20(26,17(18)19)14(23)8(2)12(19)13(22)16(25)28-11/h4,8-15,17,21-24,26H,5-6H2,1-3H3/t8-,9+,10+,11+,12-,13+,14-,15+,17-,18-,19+,20+/m1/s1. The Morgan fingerprint density at radius 2 is 1.86 bits per heavy atom. The van der Waals surface area contributed by atoms with Crippen molar-refractivity contribution in [3.05, 3.63) is 11.6 Å². The second-order valence-electron chi connectivity index (χ2n) is 9.79. The third-order valence-electron chi connectivity index (χ3n) is 8.82. The van der Waals surface area contributed by atoms with E-state index < -0.39 is 70.9 Å². The van der Waals surface area contributed by atoms with Crippen LogP contribution in [-0.2, 0) is 14.3 Å². The zero-order chi connectivity index (χ0) is 20.4. The molecule has 8 nitrogen and oxygen atoms in total. The van der Waals surface area contributed by atoms with Gasteiger partial charge in [0.15, 0.2) is 11.9 Å². The molecule has 2 saturated heterocycles. The quantitative estimate of drug-likeness (QED) is 0.258. The van der Waals surface area contributed by atoms with Crippen LogP contribution in [0.15, 0.2) is 11.6 Å². The first-order valence-electron chi connectivity index (χ1n) is 9.98. The van der Waals surface area contributed by atoms with Gasteiger partial charge in [0.1, 0.15) is 12.2 Å². The van der Waals surface area contributed by atoms with E-state index in [9.17, 15) is 30.3 Å². The van der Waals surface area contributed by atoms with Crippen LogP contribution in [0.1, 0.15) is 27.2 Å². The molecule has 0 unspecified atom stereocenters. The average molecular weight is 396 g/mol. The number of carbonyl (C=O) groups is 1. The van der Waals surface area contributed by atoms with Crippen molar-refractivity contribution in [1.29, 1.82) is 0 Å². The lowest BCUT2D eigenvalue weighted by Gasteiger charge is -2.68. The van der Waals surface area contributed by atoms with Crippen LogP contribution >= 0.6 is 0 Å². The summed E-state index contributed by atoms with van der Waals surface area (Å²) in [6, 6.07) is 0. The molecule has 8 heteroatoms. The topological polar surface area (TPSA) is 137 Å². The van der Waals surface area contributed by atoms with Gasteiger partial charge in [-0.15, -0.1) is 0 Å². The molecule has 5 rings (SSSR count). The van der Waals surface area contributed by atoms with Crippen LogP contribution < -0.4 is 0 Å². The van der Waals surface area contributed by atoms with Crippen LogP contribution in [0.3, 0.4) is 0 Å². The van der Waals surface area contributed by atoms with Crippen molar-refractivity contribution in [3.8, 4) is 0 Å². The maximum absolute atomic E-state index is 12.4. The van der Waals surface area contributed by atoms with Crippen molar-refractivity contribution in [1.82, 2.24) is 0 Å². The summed E-state index contributed by atoms with van der Waals surface area (Å²) in [6.07, 6.45) is -3.75. The van der Waals surface area contributed by atoms with Gasteiger partial charge < -0.3 is 35.0 Å². The second kappa shape index (κ2) is 5.36. The molecule has 156 valence electrons. The number of hydrogen-bond acceptors (Lipinski definition) is 8. The highest BCUT2D eigenvalue weighted by Crippen LogP contribution is 2.73. The first-order chi connectivity index (χ1) is 13.0. The van der Waals surface area contributed by atoms with Crippen molar-refractivity contribution in [2.45, 2.75) is 63.5 Å². The first-order valence-corrected chi connectivity index (χ1v) is 9.98. The molecule has 5 N–H and O–H groups in total. The Balaban J connectivity index is 1.78. The van der Waals surface area contributed by atoms with Gasteiger partial charge in [-0.25, -0.2) is 4.79 Å². The highest BCUT2D eigenvalue weighted by atomic mass is 16.7. The van der Waals surface area contributed by atoms with Crippen LogP contribution in [0.5, 0.6) is 0 Å². The van der Waals surface area contributed by atoms with E-state index in [0.717, 1.165) is 5.57 Å². The predicted octanol–water partition coefficient (Wildman–Crippen LogP) is -1.07. The molecule has 4 fully saturated rings. The Hall–Kier alpha value is -1.03. The van der Waals surface area contributed by atoms with E-state index in [1.54, 1.807) is 19.9 Å². The zero-order valence-electron chi connectivity index (χ0n) is 16.1. The SMILES string of the molecule is CC1=C[C@H](O)[C@H](O)[C@]2(C)[C@H]3[C@@]4(O)OC[C@]35[C@H]([C@@H](C)[C@H]4O)[C@H](O)C(=O)O[C@H]5C[C@@H]12. The van der Waals surface area contributed by atoms with Crippen LogP contribution in [-0.4, -0.2) is 74.4 Å². The third-order valence-corrected chi connectivity index (χ3v) is 8.82. The van der Waals surface area contributed by atoms with Gasteiger partial charge in [-0.2, -0.15) is 0 Å². The van der Waals surface area contributed by atoms with E-state index in [4.69, 9.17) is 9.47 Å². The van der Waals surface area contributed by atoms with Gasteiger partial charge in [0.2, 0.25) is 0 Å². The monoisotopic (exact) mass is 396 g/mol. The first kappa shape index (κ1) is 19.0. The summed E-state index contributed by atoms with van der Waals surface area (Å²) in [6.45, 7) is 5.34. The van der Waals surface area contributed by atoms with E-state index in [1.807, 2.05) is 6.92 Å². The fourth-order valence-electron chi connectivity index (χ4n) is 7.80. The van der Waals surface area contributed by atoms with Crippen molar-refractivity contribution in [2.24, 2.45) is 34.5 Å². The molecule has 2 bridgehead atoms. The van der Waals surface area contributed by atoms with Crippen LogP contribution in [0.4, 0.5) is 0 Å². The molecule has 2 aliphatic heterocycles. The molecule has 2 saturated carbocycles. The number of aliphatic hydroxyl groups excluding tert-OH is 4. The molecular weight excluding hydrogens is 368 g/mol. The van der Waals surface area contributed by atoms with E-state index in [2.05, 4.69) is 0 Å². The van der Waals surface area contributed by atoms with Crippen molar-refractivity contribution >= 4 is 5.97 Å². The lowest BCUT2D eigenvalue weighted by atomic mass is 9.38. The maximum atomic E-state index is 12.4. The molecule has 0 amide bonds. The summed E-state index contributed by atoms with van der Waals surface area (Å²) in [4.78, 5) is 12.4. The molecule has 3 aliphatic carbocycles. The number of hydrogen-bond donors (Lipinski definition) is 5. The molecule has 5 aliphatic rings. The fraction of sp³-hybridized carbons (Fsp3) is 0.850. The number of ether oxygens (including phenoxy) is 2. The minimum absolute atomic E-state index is 0.00310. The Kier molecular flexibility index (Phi) is 3.63. The number of esters is 1. The van der Waals surface area contributed by atoms with Crippen LogP contribution in [0, 0.1) is 34.5 Å². The highest BCUT2D eigenvalue weighted by Gasteiger charge is 2.83. The smallest absolute Gasteiger partial charge is 0.335 e. The Morgan fingerprint density at radius 1 is 1.18 bits per heavy atom. The lowest BCUT2D eigenvalue weighted by molar-refractivity contribution is -0.344. The molecule has 0 aromatic carbocycles. The molecule has 0 aromatic rings.